The molecular formula is C9H21N3O3. The predicted octanol–water partition coefficient (Wildman–Crippen LogP) is -3.69. The van der Waals surface area contributed by atoms with Crippen LogP contribution in [0.2, 0.25) is 0 Å². The van der Waals surface area contributed by atoms with Crippen molar-refractivity contribution in [3.05, 3.63) is 15.6 Å². The van der Waals surface area contributed by atoms with Gasteiger partial charge in [-0.2, -0.15) is 0 Å². The van der Waals surface area contributed by atoms with E-state index in [0.717, 1.165) is 0 Å². The van der Waals surface area contributed by atoms with E-state index in [1.807, 2.05) is 0 Å². The molecule has 3 atom stereocenters. The Morgan fingerprint density at radius 3 is 1.00 bits per heavy atom. The first-order chi connectivity index (χ1) is 6.91. The molecular weight excluding hydrogens is 198 g/mol. The average Bonchev–Trinajstić information content (AvgIpc) is 2.16. The molecule has 1 rings (SSSR count). The number of hydroxylamine groups is 6. The molecule has 1 saturated carbocycles. The molecule has 0 saturated heterocycles. The minimum atomic E-state index is -0.0958. The second-order valence-corrected chi connectivity index (χ2v) is 4.63. The SMILES string of the molecule is C[NH+]([O-])C1CC([NH+](C)[O-])CC([NH+](C)[O-])C1. The summed E-state index contributed by atoms with van der Waals surface area (Å²) in [5, 5.41) is 34.2. The maximum absolute atomic E-state index is 11.3. The summed E-state index contributed by atoms with van der Waals surface area (Å²) >= 11 is 0. The van der Waals surface area contributed by atoms with Gasteiger partial charge in [-0.15, -0.1) is 0 Å². The number of hydrogen-bond donors (Lipinski definition) is 3. The van der Waals surface area contributed by atoms with Gasteiger partial charge in [-0.05, 0) is 0 Å². The van der Waals surface area contributed by atoms with Crippen molar-refractivity contribution in [1.29, 1.82) is 0 Å². The lowest BCUT2D eigenvalue weighted by atomic mass is 9.86. The second kappa shape index (κ2) is 5.20. The predicted molar refractivity (Wildman–Crippen MR) is 56.0 cm³/mol. The summed E-state index contributed by atoms with van der Waals surface area (Å²) in [4.78, 5) is 0. The third kappa shape index (κ3) is 3.37. The second-order valence-electron chi connectivity index (χ2n) is 4.63. The molecule has 0 aromatic heterocycles. The lowest BCUT2D eigenvalue weighted by Crippen LogP contribution is -3.17. The van der Waals surface area contributed by atoms with Gasteiger partial charge in [-0.25, -0.2) is 0 Å². The largest absolute Gasteiger partial charge is 0.634 e. The lowest BCUT2D eigenvalue weighted by Gasteiger charge is -2.43. The van der Waals surface area contributed by atoms with Crippen LogP contribution in [-0.2, 0) is 0 Å². The van der Waals surface area contributed by atoms with E-state index >= 15 is 0 Å². The van der Waals surface area contributed by atoms with E-state index < -0.39 is 0 Å². The number of hydrogen-bond acceptors (Lipinski definition) is 3. The minimum Gasteiger partial charge on any atom is -0.634 e. The van der Waals surface area contributed by atoms with E-state index in [4.69, 9.17) is 0 Å². The van der Waals surface area contributed by atoms with Crippen molar-refractivity contribution in [2.24, 2.45) is 0 Å². The number of nitrogens with one attached hydrogen (secondary N) is 3. The molecule has 3 unspecified atom stereocenters. The Kier molecular flexibility index (Phi) is 4.45. The molecule has 0 aromatic carbocycles. The van der Waals surface area contributed by atoms with Crippen LogP contribution in [0.4, 0.5) is 0 Å². The van der Waals surface area contributed by atoms with Crippen LogP contribution in [0.5, 0.6) is 0 Å². The van der Waals surface area contributed by atoms with Gasteiger partial charge in [-0.1, -0.05) is 0 Å². The first kappa shape index (κ1) is 12.8. The molecule has 1 aliphatic rings. The Hall–Kier alpha value is -0.240. The van der Waals surface area contributed by atoms with E-state index in [0.29, 0.717) is 19.3 Å². The summed E-state index contributed by atoms with van der Waals surface area (Å²) in [5.74, 6) is 0. The van der Waals surface area contributed by atoms with Crippen molar-refractivity contribution < 1.29 is 15.2 Å². The summed E-state index contributed by atoms with van der Waals surface area (Å²) in [6.07, 6.45) is 1.90. The first-order valence-electron chi connectivity index (χ1n) is 5.43. The fourth-order valence-corrected chi connectivity index (χ4v) is 2.31. The Labute approximate surface area is 90.2 Å². The van der Waals surface area contributed by atoms with E-state index in [-0.39, 0.29) is 33.3 Å². The van der Waals surface area contributed by atoms with Crippen molar-refractivity contribution in [3.8, 4) is 0 Å². The molecule has 0 radical (unpaired) electrons. The molecule has 0 heterocycles. The summed E-state index contributed by atoms with van der Waals surface area (Å²) in [5.41, 5.74) is 0. The fraction of sp³-hybridized carbons (Fsp3) is 1.00. The number of quaternary nitrogens is 3. The molecule has 1 fully saturated rings. The lowest BCUT2D eigenvalue weighted by molar-refractivity contribution is -0.910. The molecule has 3 N–H and O–H groups in total. The van der Waals surface area contributed by atoms with E-state index in [1.54, 1.807) is 21.1 Å². The molecule has 90 valence electrons. The van der Waals surface area contributed by atoms with Gasteiger partial charge < -0.3 is 30.8 Å². The molecule has 0 aromatic rings. The van der Waals surface area contributed by atoms with Crippen LogP contribution in [0, 0.1) is 15.6 Å². The normalized spacial score (nSPS) is 38.4. The van der Waals surface area contributed by atoms with Gasteiger partial charge >= 0.3 is 0 Å². The third-order valence-electron chi connectivity index (χ3n) is 3.43. The maximum atomic E-state index is 11.3. The van der Waals surface area contributed by atoms with Crippen LogP contribution in [0.3, 0.4) is 0 Å². The van der Waals surface area contributed by atoms with Crippen LogP contribution < -0.4 is 15.2 Å². The topological polar surface area (TPSA) is 82.5 Å². The Balaban J connectivity index is 2.64. The summed E-state index contributed by atoms with van der Waals surface area (Å²) in [6, 6.07) is -0.287. The van der Waals surface area contributed by atoms with E-state index in [9.17, 15) is 15.6 Å². The van der Waals surface area contributed by atoms with Crippen molar-refractivity contribution >= 4 is 0 Å². The zero-order valence-corrected chi connectivity index (χ0v) is 9.58. The highest BCUT2D eigenvalue weighted by Gasteiger charge is 2.36. The number of rotatable bonds is 3. The van der Waals surface area contributed by atoms with Gasteiger partial charge in [-0.3, -0.25) is 0 Å². The zero-order valence-electron chi connectivity index (χ0n) is 9.58. The Morgan fingerprint density at radius 1 is 0.667 bits per heavy atom. The van der Waals surface area contributed by atoms with Crippen LogP contribution in [0.1, 0.15) is 19.3 Å². The molecule has 0 amide bonds. The van der Waals surface area contributed by atoms with Gasteiger partial charge in [0.15, 0.2) is 0 Å². The Morgan fingerprint density at radius 2 is 0.867 bits per heavy atom. The average molecular weight is 219 g/mol. The van der Waals surface area contributed by atoms with Crippen LogP contribution in [0.25, 0.3) is 0 Å². The molecule has 1 aliphatic carbocycles. The van der Waals surface area contributed by atoms with Gasteiger partial charge in [0.2, 0.25) is 0 Å². The summed E-state index contributed by atoms with van der Waals surface area (Å²) in [6.45, 7) is 0. The smallest absolute Gasteiger partial charge is 0.0984 e. The Bertz CT molecular complexity index is 160. The van der Waals surface area contributed by atoms with Crippen molar-refractivity contribution in [1.82, 2.24) is 0 Å². The van der Waals surface area contributed by atoms with Gasteiger partial charge in [0, 0.05) is 0 Å². The summed E-state index contributed by atoms with van der Waals surface area (Å²) < 4.78 is 0. The first-order valence-corrected chi connectivity index (χ1v) is 5.43. The van der Waals surface area contributed by atoms with Crippen molar-refractivity contribution in [3.63, 3.8) is 0 Å². The molecule has 0 bridgehead atoms. The summed E-state index contributed by atoms with van der Waals surface area (Å²) in [7, 11) is 4.64. The highest BCUT2D eigenvalue weighted by molar-refractivity contribution is 4.78. The molecule has 15 heavy (non-hydrogen) atoms. The monoisotopic (exact) mass is 219 g/mol. The zero-order chi connectivity index (χ0) is 11.6. The standard InChI is InChI=1S/C9H21N3O3/c1-10(13)7-4-8(11(2)14)6-9(5-7)12(3)15/h7-12H,4-6H2,1-3H3. The van der Waals surface area contributed by atoms with Gasteiger partial charge in [0.05, 0.1) is 58.5 Å². The fourth-order valence-electron chi connectivity index (χ4n) is 2.31. The maximum Gasteiger partial charge on any atom is 0.0984 e. The van der Waals surface area contributed by atoms with Gasteiger partial charge in [0.25, 0.3) is 0 Å². The van der Waals surface area contributed by atoms with Crippen LogP contribution >= 0.6 is 0 Å². The van der Waals surface area contributed by atoms with Crippen LogP contribution in [0.15, 0.2) is 0 Å². The highest BCUT2D eigenvalue weighted by atomic mass is 16.5. The van der Waals surface area contributed by atoms with Gasteiger partial charge in [0.1, 0.15) is 0 Å². The highest BCUT2D eigenvalue weighted by Crippen LogP contribution is 2.13. The molecule has 0 aliphatic heterocycles. The minimum absolute atomic E-state index is 0.0958. The molecule has 0 spiro atoms. The quantitative estimate of drug-likeness (QED) is 0.427. The van der Waals surface area contributed by atoms with Crippen molar-refractivity contribution in [2.75, 3.05) is 21.1 Å². The van der Waals surface area contributed by atoms with Crippen molar-refractivity contribution in [2.45, 2.75) is 37.4 Å². The molecule has 6 heteroatoms. The molecule has 6 nitrogen and oxygen atoms in total. The van der Waals surface area contributed by atoms with E-state index in [2.05, 4.69) is 0 Å². The van der Waals surface area contributed by atoms with E-state index in [1.165, 1.54) is 0 Å². The van der Waals surface area contributed by atoms with Crippen LogP contribution in [-0.4, -0.2) is 39.3 Å². The third-order valence-corrected chi connectivity index (χ3v) is 3.43.